The van der Waals surface area contributed by atoms with Crippen molar-refractivity contribution in [1.82, 2.24) is 14.8 Å². The van der Waals surface area contributed by atoms with Crippen LogP contribution in [0.3, 0.4) is 0 Å². The van der Waals surface area contributed by atoms with Crippen LogP contribution >= 0.6 is 0 Å². The zero-order chi connectivity index (χ0) is 14.8. The standard InChI is InChI=1S/C16H19N5/c1-11-14(10-19-21(11)2)9-18-16-13(8-17)7-12-5-3-4-6-15(12)20-16/h7,10H,3-6,9H2,1-2H3,(H,18,20). The monoisotopic (exact) mass is 281 g/mol. The third-order valence-corrected chi connectivity index (χ3v) is 4.20. The number of hydrogen-bond donors (Lipinski definition) is 1. The lowest BCUT2D eigenvalue weighted by Crippen LogP contribution is -2.11. The first kappa shape index (κ1) is 13.6. The highest BCUT2D eigenvalue weighted by Crippen LogP contribution is 2.24. The number of aryl methyl sites for hydroxylation is 3. The first-order chi connectivity index (χ1) is 10.2. The average molecular weight is 281 g/mol. The predicted molar refractivity (Wildman–Crippen MR) is 80.9 cm³/mol. The second-order valence-electron chi connectivity index (χ2n) is 5.54. The van der Waals surface area contributed by atoms with E-state index in [-0.39, 0.29) is 0 Å². The molecule has 2 heterocycles. The molecule has 0 radical (unpaired) electrons. The maximum Gasteiger partial charge on any atom is 0.144 e. The second kappa shape index (κ2) is 5.57. The van der Waals surface area contributed by atoms with Gasteiger partial charge in [-0.2, -0.15) is 10.4 Å². The average Bonchev–Trinajstić information content (AvgIpc) is 2.83. The van der Waals surface area contributed by atoms with Crippen molar-refractivity contribution >= 4 is 5.82 Å². The van der Waals surface area contributed by atoms with E-state index in [1.54, 1.807) is 0 Å². The molecule has 0 saturated carbocycles. The molecule has 0 aliphatic heterocycles. The van der Waals surface area contributed by atoms with Gasteiger partial charge in [-0.05, 0) is 44.2 Å². The Morgan fingerprint density at radius 1 is 1.38 bits per heavy atom. The van der Waals surface area contributed by atoms with E-state index in [2.05, 4.69) is 21.5 Å². The molecule has 0 atom stereocenters. The lowest BCUT2D eigenvalue weighted by Gasteiger charge is -2.17. The Bertz CT molecular complexity index is 708. The Hall–Kier alpha value is -2.35. The van der Waals surface area contributed by atoms with Gasteiger partial charge in [0.15, 0.2) is 0 Å². The summed E-state index contributed by atoms with van der Waals surface area (Å²) in [4.78, 5) is 4.67. The molecule has 0 aromatic carbocycles. The van der Waals surface area contributed by atoms with Gasteiger partial charge in [-0.25, -0.2) is 4.98 Å². The molecule has 1 aliphatic carbocycles. The van der Waals surface area contributed by atoms with Crippen molar-refractivity contribution < 1.29 is 0 Å². The van der Waals surface area contributed by atoms with Gasteiger partial charge < -0.3 is 5.32 Å². The zero-order valence-corrected chi connectivity index (χ0v) is 12.5. The number of hydrogen-bond acceptors (Lipinski definition) is 4. The second-order valence-corrected chi connectivity index (χ2v) is 5.54. The van der Waals surface area contributed by atoms with Gasteiger partial charge in [0.25, 0.3) is 0 Å². The maximum atomic E-state index is 9.33. The molecule has 0 saturated heterocycles. The van der Waals surface area contributed by atoms with Crippen molar-refractivity contribution in [1.29, 1.82) is 5.26 Å². The van der Waals surface area contributed by atoms with Crippen LogP contribution in [0.15, 0.2) is 12.3 Å². The summed E-state index contributed by atoms with van der Waals surface area (Å²) < 4.78 is 1.85. The number of pyridine rings is 1. The molecule has 2 aromatic rings. The van der Waals surface area contributed by atoms with Crippen molar-refractivity contribution in [2.45, 2.75) is 39.2 Å². The van der Waals surface area contributed by atoms with Crippen LogP contribution in [0.2, 0.25) is 0 Å². The van der Waals surface area contributed by atoms with Gasteiger partial charge in [0.05, 0.1) is 11.8 Å². The summed E-state index contributed by atoms with van der Waals surface area (Å²) in [5, 5.41) is 16.9. The van der Waals surface area contributed by atoms with Crippen LogP contribution in [-0.2, 0) is 26.4 Å². The van der Waals surface area contributed by atoms with E-state index in [1.165, 1.54) is 18.4 Å². The van der Waals surface area contributed by atoms with E-state index in [9.17, 15) is 5.26 Å². The van der Waals surface area contributed by atoms with Crippen LogP contribution < -0.4 is 5.32 Å². The predicted octanol–water partition coefficient (Wildman–Crippen LogP) is 2.49. The van der Waals surface area contributed by atoms with Crippen LogP contribution in [0.4, 0.5) is 5.82 Å². The van der Waals surface area contributed by atoms with Crippen LogP contribution in [0, 0.1) is 18.3 Å². The summed E-state index contributed by atoms with van der Waals surface area (Å²) in [6.45, 7) is 2.68. The third kappa shape index (κ3) is 2.62. The maximum absolute atomic E-state index is 9.33. The molecule has 108 valence electrons. The minimum Gasteiger partial charge on any atom is -0.365 e. The minimum atomic E-state index is 0.636. The number of anilines is 1. The molecule has 0 spiro atoms. The highest BCUT2D eigenvalue weighted by atomic mass is 15.3. The Labute approximate surface area is 124 Å². The summed E-state index contributed by atoms with van der Waals surface area (Å²) in [6, 6.07) is 4.26. The molecule has 0 amide bonds. The van der Waals surface area contributed by atoms with Gasteiger partial charge in [-0.15, -0.1) is 0 Å². The van der Waals surface area contributed by atoms with Crippen molar-refractivity contribution in [2.75, 3.05) is 5.32 Å². The Kier molecular flexibility index (Phi) is 3.61. The molecular weight excluding hydrogens is 262 g/mol. The van der Waals surface area contributed by atoms with Crippen molar-refractivity contribution in [2.24, 2.45) is 7.05 Å². The Balaban J connectivity index is 1.84. The van der Waals surface area contributed by atoms with Crippen molar-refractivity contribution in [3.05, 3.63) is 40.3 Å². The van der Waals surface area contributed by atoms with E-state index >= 15 is 0 Å². The van der Waals surface area contributed by atoms with E-state index in [0.717, 1.165) is 29.8 Å². The van der Waals surface area contributed by atoms with Gasteiger partial charge in [0.1, 0.15) is 11.9 Å². The number of nitrogens with zero attached hydrogens (tertiary/aromatic N) is 4. The minimum absolute atomic E-state index is 0.636. The van der Waals surface area contributed by atoms with Gasteiger partial charge >= 0.3 is 0 Å². The molecule has 0 unspecified atom stereocenters. The number of rotatable bonds is 3. The van der Waals surface area contributed by atoms with Gasteiger partial charge in [-0.1, -0.05) is 0 Å². The fourth-order valence-electron chi connectivity index (χ4n) is 2.75. The highest BCUT2D eigenvalue weighted by molar-refractivity contribution is 5.55. The smallest absolute Gasteiger partial charge is 0.144 e. The molecule has 2 aromatic heterocycles. The fraction of sp³-hybridized carbons (Fsp3) is 0.438. The molecule has 0 fully saturated rings. The summed E-state index contributed by atoms with van der Waals surface area (Å²) >= 11 is 0. The lowest BCUT2D eigenvalue weighted by atomic mass is 9.95. The normalized spacial score (nSPS) is 13.6. The largest absolute Gasteiger partial charge is 0.365 e. The van der Waals surface area contributed by atoms with Crippen LogP contribution in [-0.4, -0.2) is 14.8 Å². The first-order valence-corrected chi connectivity index (χ1v) is 7.33. The number of fused-ring (bicyclic) bond motifs is 1. The van der Waals surface area contributed by atoms with E-state index in [0.29, 0.717) is 17.9 Å². The van der Waals surface area contributed by atoms with Gasteiger partial charge in [0.2, 0.25) is 0 Å². The molecular formula is C16H19N5. The quantitative estimate of drug-likeness (QED) is 0.938. The molecule has 5 heteroatoms. The summed E-state index contributed by atoms with van der Waals surface area (Å²) in [6.07, 6.45) is 6.29. The fourth-order valence-corrected chi connectivity index (χ4v) is 2.75. The molecule has 3 rings (SSSR count). The van der Waals surface area contributed by atoms with Crippen LogP contribution in [0.5, 0.6) is 0 Å². The molecule has 21 heavy (non-hydrogen) atoms. The van der Waals surface area contributed by atoms with Crippen molar-refractivity contribution in [3.63, 3.8) is 0 Å². The van der Waals surface area contributed by atoms with Crippen LogP contribution in [0.1, 0.15) is 40.9 Å². The SMILES string of the molecule is Cc1c(CNc2nc3c(cc2C#N)CCCC3)cnn1C. The lowest BCUT2D eigenvalue weighted by molar-refractivity contribution is 0.668. The van der Waals surface area contributed by atoms with E-state index in [4.69, 9.17) is 0 Å². The van der Waals surface area contributed by atoms with E-state index in [1.807, 2.05) is 30.9 Å². The van der Waals surface area contributed by atoms with E-state index < -0.39 is 0 Å². The molecule has 1 N–H and O–H groups in total. The zero-order valence-electron chi connectivity index (χ0n) is 12.5. The first-order valence-electron chi connectivity index (χ1n) is 7.33. The highest BCUT2D eigenvalue weighted by Gasteiger charge is 2.15. The van der Waals surface area contributed by atoms with Gasteiger partial charge in [0, 0.05) is 30.5 Å². The summed E-state index contributed by atoms with van der Waals surface area (Å²) in [7, 11) is 1.93. The topological polar surface area (TPSA) is 66.5 Å². The molecule has 1 aliphatic rings. The third-order valence-electron chi connectivity index (χ3n) is 4.20. The van der Waals surface area contributed by atoms with Crippen molar-refractivity contribution in [3.8, 4) is 6.07 Å². The summed E-state index contributed by atoms with van der Waals surface area (Å²) in [5.41, 5.74) is 5.27. The Morgan fingerprint density at radius 3 is 2.90 bits per heavy atom. The number of aromatic nitrogens is 3. The van der Waals surface area contributed by atoms with Crippen LogP contribution in [0.25, 0.3) is 0 Å². The Morgan fingerprint density at radius 2 is 2.19 bits per heavy atom. The number of nitriles is 1. The number of nitrogens with one attached hydrogen (secondary N) is 1. The molecule has 5 nitrogen and oxygen atoms in total. The summed E-state index contributed by atoms with van der Waals surface area (Å²) in [5.74, 6) is 0.696. The molecule has 0 bridgehead atoms. The van der Waals surface area contributed by atoms with Gasteiger partial charge in [-0.3, -0.25) is 4.68 Å².